The van der Waals surface area contributed by atoms with Gasteiger partial charge in [0.1, 0.15) is 11.9 Å². The molecule has 26 heavy (non-hydrogen) atoms. The molecule has 8 nitrogen and oxygen atoms in total. The fourth-order valence-corrected chi connectivity index (χ4v) is 2.61. The van der Waals surface area contributed by atoms with Crippen molar-refractivity contribution in [1.29, 1.82) is 5.41 Å². The number of benzene rings is 1. The number of thiocarbonyl (C=S) groups is 1. The Hall–Kier alpha value is -2.75. The van der Waals surface area contributed by atoms with E-state index in [1.54, 1.807) is 6.07 Å². The zero-order valence-corrected chi connectivity index (χ0v) is 15.0. The van der Waals surface area contributed by atoms with Crippen molar-refractivity contribution < 1.29 is 18.7 Å². The summed E-state index contributed by atoms with van der Waals surface area (Å²) in [5.41, 5.74) is 1.93. The maximum absolute atomic E-state index is 14.5. The minimum Gasteiger partial charge on any atom is -0.442 e. The summed E-state index contributed by atoms with van der Waals surface area (Å²) < 4.78 is 19.7. The van der Waals surface area contributed by atoms with Crippen LogP contribution in [0.4, 0.5) is 20.6 Å². The molecule has 1 saturated heterocycles. The van der Waals surface area contributed by atoms with Crippen molar-refractivity contribution in [3.05, 3.63) is 24.0 Å². The minimum atomic E-state index is -0.596. The molecule has 1 aliphatic heterocycles. The smallest absolute Gasteiger partial charge is 0.414 e. The maximum atomic E-state index is 14.5. The Morgan fingerprint density at radius 3 is 2.96 bits per heavy atom. The van der Waals surface area contributed by atoms with Gasteiger partial charge >= 0.3 is 6.09 Å². The van der Waals surface area contributed by atoms with Gasteiger partial charge in [0.2, 0.25) is 5.91 Å². The molecule has 0 aliphatic carbocycles. The number of ether oxygens (including phenoxy) is 1. The summed E-state index contributed by atoms with van der Waals surface area (Å²) in [5.74, 6) is -0.781. The van der Waals surface area contributed by atoms with Crippen LogP contribution in [0.1, 0.15) is 6.92 Å². The third kappa shape index (κ3) is 4.88. The summed E-state index contributed by atoms with van der Waals surface area (Å²) in [7, 11) is 0. The van der Waals surface area contributed by atoms with E-state index >= 15 is 0 Å². The van der Waals surface area contributed by atoms with Crippen LogP contribution in [0.15, 0.2) is 18.2 Å². The molecule has 0 bridgehead atoms. The van der Waals surface area contributed by atoms with E-state index in [2.05, 4.69) is 22.9 Å². The lowest BCUT2D eigenvalue weighted by molar-refractivity contribution is -0.119. The number of carbonyl (C=O) groups excluding carboxylic acids is 2. The predicted molar refractivity (Wildman–Crippen MR) is 100 cm³/mol. The first-order valence-electron chi connectivity index (χ1n) is 7.92. The number of amides is 2. The summed E-state index contributed by atoms with van der Waals surface area (Å²) in [5, 5.41) is 12.8. The highest BCUT2D eigenvalue weighted by Gasteiger charge is 2.32. The van der Waals surface area contributed by atoms with E-state index < -0.39 is 18.0 Å². The number of anilines is 2. The first-order chi connectivity index (χ1) is 12.5. The fraction of sp³-hybridized carbons (Fsp3) is 0.375. The van der Waals surface area contributed by atoms with Gasteiger partial charge in [0.15, 0.2) is 0 Å². The third-order valence-electron chi connectivity index (χ3n) is 3.74. The molecule has 10 heteroatoms. The van der Waals surface area contributed by atoms with Gasteiger partial charge in [-0.15, -0.1) is 0 Å². The molecule has 1 aromatic carbocycles. The van der Waals surface area contributed by atoms with Crippen LogP contribution in [0.2, 0.25) is 0 Å². The highest BCUT2D eigenvalue weighted by molar-refractivity contribution is 7.78. The van der Waals surface area contributed by atoms with E-state index in [9.17, 15) is 14.0 Å². The molecule has 1 atom stereocenters. The SMILES string of the molecule is CC(=O)NCC1CN(c2ccc(N(C=N)CCNC=S)c(F)c2)C(=O)O1. The normalized spacial score (nSPS) is 16.0. The number of halogens is 1. The second kappa shape index (κ2) is 9.09. The van der Waals surface area contributed by atoms with Crippen molar-refractivity contribution in [3.63, 3.8) is 0 Å². The van der Waals surface area contributed by atoms with Gasteiger partial charge in [-0.05, 0) is 18.2 Å². The molecule has 2 amide bonds. The predicted octanol–water partition coefficient (Wildman–Crippen LogP) is 1.25. The van der Waals surface area contributed by atoms with Gasteiger partial charge in [0, 0.05) is 20.0 Å². The van der Waals surface area contributed by atoms with Crippen molar-refractivity contribution in [2.24, 2.45) is 0 Å². The van der Waals surface area contributed by atoms with Crippen LogP contribution in [0.25, 0.3) is 0 Å². The summed E-state index contributed by atoms with van der Waals surface area (Å²) in [6, 6.07) is 4.31. The molecule has 1 unspecified atom stereocenters. The molecule has 1 heterocycles. The number of cyclic esters (lactones) is 1. The van der Waals surface area contributed by atoms with Gasteiger partial charge in [-0.2, -0.15) is 0 Å². The van der Waals surface area contributed by atoms with Gasteiger partial charge in [0.05, 0.1) is 36.3 Å². The molecule has 1 fully saturated rings. The van der Waals surface area contributed by atoms with Crippen LogP contribution in [0, 0.1) is 11.2 Å². The summed E-state index contributed by atoms with van der Waals surface area (Å²) in [6.07, 6.45) is -0.0639. The summed E-state index contributed by atoms with van der Waals surface area (Å²) in [4.78, 5) is 25.7. The number of rotatable bonds is 9. The Labute approximate surface area is 155 Å². The molecule has 0 aromatic heterocycles. The third-order valence-corrected chi connectivity index (χ3v) is 3.91. The summed E-state index contributed by atoms with van der Waals surface area (Å²) >= 11 is 4.66. The van der Waals surface area contributed by atoms with Crippen LogP contribution in [-0.2, 0) is 9.53 Å². The molecule has 2 rings (SSSR count). The van der Waals surface area contributed by atoms with Gasteiger partial charge < -0.3 is 20.3 Å². The molecule has 0 spiro atoms. The lowest BCUT2D eigenvalue weighted by atomic mass is 10.2. The van der Waals surface area contributed by atoms with Crippen molar-refractivity contribution >= 4 is 47.4 Å². The Morgan fingerprint density at radius 1 is 1.58 bits per heavy atom. The van der Waals surface area contributed by atoms with Crippen LogP contribution in [-0.4, -0.2) is 56.1 Å². The van der Waals surface area contributed by atoms with E-state index in [0.29, 0.717) is 18.8 Å². The number of carbonyl (C=O) groups is 2. The molecule has 1 aliphatic rings. The van der Waals surface area contributed by atoms with E-state index in [1.165, 1.54) is 34.3 Å². The van der Waals surface area contributed by atoms with E-state index in [4.69, 9.17) is 10.1 Å². The van der Waals surface area contributed by atoms with Crippen LogP contribution in [0.3, 0.4) is 0 Å². The van der Waals surface area contributed by atoms with Crippen molar-refractivity contribution in [2.75, 3.05) is 36.0 Å². The average molecular weight is 381 g/mol. The van der Waals surface area contributed by atoms with Gasteiger partial charge in [-0.25, -0.2) is 9.18 Å². The Balaban J connectivity index is 2.08. The van der Waals surface area contributed by atoms with Crippen LogP contribution >= 0.6 is 12.2 Å². The Morgan fingerprint density at radius 2 is 2.35 bits per heavy atom. The lowest BCUT2D eigenvalue weighted by Crippen LogP contribution is -2.33. The molecular weight excluding hydrogens is 361 g/mol. The first kappa shape index (κ1) is 19.6. The Kier molecular flexibility index (Phi) is 6.84. The van der Waals surface area contributed by atoms with Gasteiger partial charge in [0.25, 0.3) is 0 Å². The molecule has 0 radical (unpaired) electrons. The molecule has 140 valence electrons. The van der Waals surface area contributed by atoms with Crippen LogP contribution in [0.5, 0.6) is 0 Å². The zero-order valence-electron chi connectivity index (χ0n) is 14.2. The van der Waals surface area contributed by atoms with Crippen molar-refractivity contribution in [2.45, 2.75) is 13.0 Å². The fourth-order valence-electron chi connectivity index (χ4n) is 2.49. The lowest BCUT2D eigenvalue weighted by Gasteiger charge is -2.21. The second-order valence-corrected chi connectivity index (χ2v) is 5.82. The average Bonchev–Trinajstić information content (AvgIpc) is 2.98. The minimum absolute atomic E-state index is 0.201. The molecule has 1 aromatic rings. The first-order valence-corrected chi connectivity index (χ1v) is 8.39. The number of nitrogens with zero attached hydrogens (tertiary/aromatic N) is 2. The molecule has 3 N–H and O–H groups in total. The number of nitrogens with one attached hydrogen (secondary N) is 3. The van der Waals surface area contributed by atoms with E-state index in [0.717, 1.165) is 6.34 Å². The van der Waals surface area contributed by atoms with Gasteiger partial charge in [-0.3, -0.25) is 15.1 Å². The second-order valence-electron chi connectivity index (χ2n) is 5.58. The van der Waals surface area contributed by atoms with Crippen LogP contribution < -0.4 is 20.4 Å². The topological polar surface area (TPSA) is 97.8 Å². The largest absolute Gasteiger partial charge is 0.442 e. The standard InChI is InChI=1S/C16H20FN5O3S/c1-11(23)20-7-13-8-22(16(24)25-13)12-2-3-15(14(17)6-12)21(9-18)5-4-19-10-26/h2-3,6,9-10,13,18H,4-5,7-8H2,1H3,(H,19,26)(H,20,23). The van der Waals surface area contributed by atoms with Crippen molar-refractivity contribution in [3.8, 4) is 0 Å². The number of hydrogen-bond donors (Lipinski definition) is 3. The molecular formula is C16H20FN5O3S. The highest BCUT2D eigenvalue weighted by atomic mass is 32.1. The zero-order chi connectivity index (χ0) is 19.1. The highest BCUT2D eigenvalue weighted by Crippen LogP contribution is 2.27. The van der Waals surface area contributed by atoms with E-state index in [1.807, 2.05) is 0 Å². The van der Waals surface area contributed by atoms with Gasteiger partial charge in [-0.1, -0.05) is 12.2 Å². The van der Waals surface area contributed by atoms with Crippen molar-refractivity contribution in [1.82, 2.24) is 10.6 Å². The number of hydrogen-bond acceptors (Lipinski definition) is 5. The Bertz CT molecular complexity index is 702. The quantitative estimate of drug-likeness (QED) is 0.258. The maximum Gasteiger partial charge on any atom is 0.414 e. The summed E-state index contributed by atoms with van der Waals surface area (Å²) in [6.45, 7) is 2.61. The van der Waals surface area contributed by atoms with E-state index in [-0.39, 0.29) is 24.7 Å². The molecule has 0 saturated carbocycles. The monoisotopic (exact) mass is 381 g/mol.